The Morgan fingerprint density at radius 1 is 0.339 bits per heavy atom. The summed E-state index contributed by atoms with van der Waals surface area (Å²) in [7, 11) is 0. The molecule has 262 valence electrons. The largest absolute Gasteiger partial charge is 0.455 e. The molecule has 0 saturated carbocycles. The zero-order chi connectivity index (χ0) is 37.0. The lowest BCUT2D eigenvalue weighted by atomic mass is 9.91. The number of hydrogen-bond acceptors (Lipinski definition) is 5. The van der Waals surface area contributed by atoms with E-state index in [4.69, 9.17) is 19.4 Å². The summed E-state index contributed by atoms with van der Waals surface area (Å²) in [6, 6.07) is 67.6. The topological polar surface area (TPSA) is 55.1 Å². The predicted octanol–water partition coefficient (Wildman–Crippen LogP) is 13.6. The van der Waals surface area contributed by atoms with Gasteiger partial charge in [0.05, 0.1) is 11.4 Å². The van der Waals surface area contributed by atoms with Crippen molar-refractivity contribution in [1.29, 1.82) is 0 Å². The second-order valence-corrected chi connectivity index (χ2v) is 14.0. The third kappa shape index (κ3) is 5.29. The second-order valence-electron chi connectivity index (χ2n) is 14.0. The molecule has 3 heterocycles. The van der Waals surface area contributed by atoms with Gasteiger partial charge in [-0.3, -0.25) is 0 Å². The Kier molecular flexibility index (Phi) is 7.42. The van der Waals surface area contributed by atoms with E-state index >= 15 is 0 Å². The summed E-state index contributed by atoms with van der Waals surface area (Å²) in [5.41, 5.74) is 14.4. The lowest BCUT2D eigenvalue weighted by Crippen LogP contribution is -2.11. The monoisotopic (exact) mass is 716 g/mol. The molecule has 0 atom stereocenters. The SMILES string of the molecule is c1ccc(-c2nc(-c3ccccc3)nc(-c3ccc4c(c3)-c3ccccc3-c3cc(-c5cccc6c5oc5ccccc56)ccc3N4c3ccccc3)n2)cc1. The molecule has 0 radical (unpaired) electrons. The van der Waals surface area contributed by atoms with E-state index in [-0.39, 0.29) is 0 Å². The number of anilines is 3. The maximum atomic E-state index is 6.52. The van der Waals surface area contributed by atoms with Crippen LogP contribution in [-0.4, -0.2) is 15.0 Å². The highest BCUT2D eigenvalue weighted by atomic mass is 16.3. The Morgan fingerprint density at radius 2 is 0.821 bits per heavy atom. The maximum absolute atomic E-state index is 6.52. The van der Waals surface area contributed by atoms with Crippen LogP contribution in [0.2, 0.25) is 0 Å². The van der Waals surface area contributed by atoms with E-state index < -0.39 is 0 Å². The summed E-state index contributed by atoms with van der Waals surface area (Å²) in [5.74, 6) is 1.89. The quantitative estimate of drug-likeness (QED) is 0.177. The summed E-state index contributed by atoms with van der Waals surface area (Å²) in [6.45, 7) is 0. The Balaban J connectivity index is 1.13. The van der Waals surface area contributed by atoms with Crippen LogP contribution in [0.4, 0.5) is 17.1 Å². The van der Waals surface area contributed by atoms with Gasteiger partial charge in [-0.25, -0.2) is 15.0 Å². The van der Waals surface area contributed by atoms with Gasteiger partial charge in [-0.15, -0.1) is 0 Å². The van der Waals surface area contributed by atoms with Crippen LogP contribution >= 0.6 is 0 Å². The first-order chi connectivity index (χ1) is 27.8. The van der Waals surface area contributed by atoms with E-state index in [9.17, 15) is 0 Å². The van der Waals surface area contributed by atoms with Gasteiger partial charge in [0.1, 0.15) is 11.2 Å². The van der Waals surface area contributed by atoms with E-state index in [2.05, 4.69) is 126 Å². The number of aromatic nitrogens is 3. The summed E-state index contributed by atoms with van der Waals surface area (Å²) in [6.07, 6.45) is 0. The average Bonchev–Trinajstić information content (AvgIpc) is 3.61. The first-order valence-corrected chi connectivity index (χ1v) is 18.8. The molecule has 56 heavy (non-hydrogen) atoms. The molecule has 11 rings (SSSR count). The zero-order valence-corrected chi connectivity index (χ0v) is 30.2. The van der Waals surface area contributed by atoms with Crippen molar-refractivity contribution in [2.75, 3.05) is 4.90 Å². The number of fused-ring (bicyclic) bond motifs is 8. The summed E-state index contributed by atoms with van der Waals surface area (Å²) < 4.78 is 6.52. The van der Waals surface area contributed by atoms with Crippen LogP contribution < -0.4 is 4.90 Å². The van der Waals surface area contributed by atoms with Gasteiger partial charge < -0.3 is 9.32 Å². The molecule has 0 spiro atoms. The van der Waals surface area contributed by atoms with Crippen LogP contribution in [0.25, 0.3) is 89.5 Å². The van der Waals surface area contributed by atoms with Crippen molar-refractivity contribution in [2.45, 2.75) is 0 Å². The van der Waals surface area contributed by atoms with E-state index in [1.54, 1.807) is 0 Å². The molecule has 1 aliphatic rings. The fraction of sp³-hybridized carbons (Fsp3) is 0. The Hall–Kier alpha value is -7.63. The van der Waals surface area contributed by atoms with Gasteiger partial charge in [0.25, 0.3) is 0 Å². The first-order valence-electron chi connectivity index (χ1n) is 18.8. The number of nitrogens with zero attached hydrogens (tertiary/aromatic N) is 4. The van der Waals surface area contributed by atoms with Crippen LogP contribution in [0.3, 0.4) is 0 Å². The molecule has 5 heteroatoms. The van der Waals surface area contributed by atoms with Crippen LogP contribution in [0, 0.1) is 0 Å². The van der Waals surface area contributed by atoms with E-state index in [0.717, 1.165) is 89.1 Å². The van der Waals surface area contributed by atoms with Crippen molar-refractivity contribution in [3.8, 4) is 67.5 Å². The molecule has 0 N–H and O–H groups in total. The number of furan rings is 1. The van der Waals surface area contributed by atoms with Crippen LogP contribution in [0.5, 0.6) is 0 Å². The highest BCUT2D eigenvalue weighted by molar-refractivity contribution is 6.10. The molecule has 0 aliphatic carbocycles. The van der Waals surface area contributed by atoms with Gasteiger partial charge >= 0.3 is 0 Å². The zero-order valence-electron chi connectivity index (χ0n) is 30.2. The molecule has 0 unspecified atom stereocenters. The van der Waals surface area contributed by atoms with Crippen LogP contribution in [0.15, 0.2) is 199 Å². The minimum atomic E-state index is 0.618. The van der Waals surface area contributed by atoms with Crippen LogP contribution in [0.1, 0.15) is 0 Å². The maximum Gasteiger partial charge on any atom is 0.164 e. The average molecular weight is 717 g/mol. The van der Waals surface area contributed by atoms with Gasteiger partial charge in [0.15, 0.2) is 17.5 Å². The van der Waals surface area contributed by atoms with Crippen molar-refractivity contribution in [3.63, 3.8) is 0 Å². The number of hydrogen-bond donors (Lipinski definition) is 0. The van der Waals surface area contributed by atoms with Crippen molar-refractivity contribution >= 4 is 39.0 Å². The van der Waals surface area contributed by atoms with E-state index in [0.29, 0.717) is 17.5 Å². The molecule has 0 bridgehead atoms. The summed E-state index contributed by atoms with van der Waals surface area (Å²) in [5, 5.41) is 2.24. The summed E-state index contributed by atoms with van der Waals surface area (Å²) in [4.78, 5) is 17.5. The third-order valence-corrected chi connectivity index (χ3v) is 10.7. The Bertz CT molecular complexity index is 3030. The van der Waals surface area contributed by atoms with E-state index in [1.807, 2.05) is 72.8 Å². The first kappa shape index (κ1) is 31.9. The Morgan fingerprint density at radius 3 is 1.46 bits per heavy atom. The molecule has 10 aromatic rings. The smallest absolute Gasteiger partial charge is 0.164 e. The highest BCUT2D eigenvalue weighted by Crippen LogP contribution is 2.52. The molecular formula is C51H32N4O. The number of rotatable bonds is 5. The minimum absolute atomic E-state index is 0.618. The van der Waals surface area contributed by atoms with Crippen molar-refractivity contribution in [3.05, 3.63) is 194 Å². The van der Waals surface area contributed by atoms with Gasteiger partial charge in [-0.2, -0.15) is 0 Å². The van der Waals surface area contributed by atoms with Crippen molar-refractivity contribution in [2.24, 2.45) is 0 Å². The van der Waals surface area contributed by atoms with Crippen LogP contribution in [-0.2, 0) is 0 Å². The molecule has 8 aromatic carbocycles. The number of benzene rings is 8. The van der Waals surface area contributed by atoms with Gasteiger partial charge in [-0.05, 0) is 65.2 Å². The van der Waals surface area contributed by atoms with Gasteiger partial charge in [0, 0.05) is 49.8 Å². The predicted molar refractivity (Wildman–Crippen MR) is 228 cm³/mol. The van der Waals surface area contributed by atoms with Gasteiger partial charge in [-0.1, -0.05) is 146 Å². The molecule has 0 saturated heterocycles. The molecule has 1 aliphatic heterocycles. The molecule has 0 fully saturated rings. The molecule has 0 amide bonds. The fourth-order valence-corrected chi connectivity index (χ4v) is 8.05. The number of para-hydroxylation sites is 3. The van der Waals surface area contributed by atoms with E-state index in [1.165, 1.54) is 0 Å². The molecule has 2 aromatic heterocycles. The van der Waals surface area contributed by atoms with Crippen molar-refractivity contribution in [1.82, 2.24) is 15.0 Å². The highest BCUT2D eigenvalue weighted by Gasteiger charge is 2.28. The van der Waals surface area contributed by atoms with Crippen molar-refractivity contribution < 1.29 is 4.42 Å². The lowest BCUT2D eigenvalue weighted by molar-refractivity contribution is 0.670. The third-order valence-electron chi connectivity index (χ3n) is 10.7. The molecular weight excluding hydrogens is 685 g/mol. The summed E-state index contributed by atoms with van der Waals surface area (Å²) >= 11 is 0. The fourth-order valence-electron chi connectivity index (χ4n) is 8.05. The standard InChI is InChI=1S/C51H32N4O/c1-4-15-33(16-5-1)49-52-50(34-17-6-2-7-18-34)54-51(53-49)36-28-30-46-44(32-36)40-22-11-10-21-39(40)43-31-35(27-29-45(43)55(46)37-19-8-3-9-20-37)38-24-14-25-42-41-23-12-13-26-47(41)56-48(38)42/h1-32H. The van der Waals surface area contributed by atoms with Gasteiger partial charge in [0.2, 0.25) is 0 Å². The minimum Gasteiger partial charge on any atom is -0.455 e. The lowest BCUT2D eigenvalue weighted by Gasteiger charge is -2.28. The normalized spacial score (nSPS) is 11.9. The molecule has 5 nitrogen and oxygen atoms in total. The second kappa shape index (κ2) is 13.0. The Labute approximate surface area is 323 Å².